The standard InChI is InChI=1S/C27H39N6O6P3/c1-19(2)37-42(38-20(3)4,39-21(5)6)31-40-32(34-25-13-7-22(28)8-14-25)41(36-27-17-11-24(30)12-18-27)33(42)35-26-15-9-23(29)10-16-26/h7-21H,28-30H2,1-6H3. The molecule has 0 saturated heterocycles. The fourth-order valence-electron chi connectivity index (χ4n) is 3.80. The van der Waals surface area contributed by atoms with Crippen LogP contribution in [0.1, 0.15) is 41.5 Å². The van der Waals surface area contributed by atoms with Gasteiger partial charge in [-0.3, -0.25) is 0 Å². The molecule has 3 aromatic carbocycles. The molecule has 0 spiro atoms. The van der Waals surface area contributed by atoms with Crippen molar-refractivity contribution >= 4 is 41.6 Å². The Balaban J connectivity index is 1.95. The van der Waals surface area contributed by atoms with Crippen LogP contribution < -0.4 is 31.4 Å². The summed E-state index contributed by atoms with van der Waals surface area (Å²) in [7, 11) is -6.51. The number of anilines is 3. The number of hydrogen-bond acceptors (Lipinski definition) is 12. The van der Waals surface area contributed by atoms with Crippen molar-refractivity contribution in [1.29, 1.82) is 0 Å². The minimum atomic E-state index is -4.73. The van der Waals surface area contributed by atoms with Gasteiger partial charge in [0.1, 0.15) is 0 Å². The molecular formula is C27H39N6O6P3. The van der Waals surface area contributed by atoms with E-state index >= 15 is 0 Å². The number of benzene rings is 3. The third kappa shape index (κ3) is 7.59. The van der Waals surface area contributed by atoms with Gasteiger partial charge in [-0.25, -0.2) is 0 Å². The van der Waals surface area contributed by atoms with E-state index in [1.54, 1.807) is 72.8 Å². The van der Waals surface area contributed by atoms with Crippen molar-refractivity contribution in [2.45, 2.75) is 59.9 Å². The Hall–Kier alpha value is -2.78. The molecule has 0 radical (unpaired) electrons. The first-order chi connectivity index (χ1) is 19.9. The zero-order valence-corrected chi connectivity index (χ0v) is 27.2. The Kier molecular flexibility index (Phi) is 10.1. The van der Waals surface area contributed by atoms with Crippen molar-refractivity contribution in [2.24, 2.45) is 4.52 Å². The van der Waals surface area contributed by atoms with E-state index in [1.165, 1.54) is 9.21 Å². The summed E-state index contributed by atoms with van der Waals surface area (Å²) in [4.78, 5) is 13.0. The predicted molar refractivity (Wildman–Crippen MR) is 170 cm³/mol. The fraction of sp³-hybridized carbons (Fsp3) is 0.333. The van der Waals surface area contributed by atoms with Crippen LogP contribution in [0, 0.1) is 0 Å². The van der Waals surface area contributed by atoms with Crippen LogP contribution in [0.5, 0.6) is 17.2 Å². The molecule has 1 heterocycles. The van der Waals surface area contributed by atoms with Crippen LogP contribution in [-0.4, -0.2) is 27.5 Å². The van der Waals surface area contributed by atoms with Crippen LogP contribution in [0.4, 0.5) is 17.1 Å². The molecule has 0 aliphatic carbocycles. The summed E-state index contributed by atoms with van der Waals surface area (Å²) < 4.78 is 34.8. The molecule has 12 nitrogen and oxygen atoms in total. The maximum absolute atomic E-state index is 6.70. The van der Waals surface area contributed by atoms with Crippen LogP contribution in [0.25, 0.3) is 0 Å². The number of nitrogen functional groups attached to an aromatic ring is 3. The first kappa shape index (κ1) is 32.1. The second-order valence-electron chi connectivity index (χ2n) is 10.2. The van der Waals surface area contributed by atoms with Crippen LogP contribution in [0.2, 0.25) is 0 Å². The van der Waals surface area contributed by atoms with Crippen LogP contribution in [0.3, 0.4) is 0 Å². The Morgan fingerprint density at radius 3 is 1.40 bits per heavy atom. The van der Waals surface area contributed by atoms with Crippen LogP contribution in [-0.2, 0) is 13.6 Å². The first-order valence-corrected chi connectivity index (χ1v) is 17.3. The molecule has 42 heavy (non-hydrogen) atoms. The van der Waals surface area contributed by atoms with Crippen molar-refractivity contribution in [1.82, 2.24) is 9.21 Å². The van der Waals surface area contributed by atoms with Gasteiger partial charge in [0.05, 0.1) is 0 Å². The van der Waals surface area contributed by atoms with Crippen molar-refractivity contribution in [3.8, 4) is 17.2 Å². The van der Waals surface area contributed by atoms with Crippen molar-refractivity contribution in [3.63, 3.8) is 0 Å². The molecular weight excluding hydrogens is 597 g/mol. The predicted octanol–water partition coefficient (Wildman–Crippen LogP) is 8.09. The molecule has 1 aliphatic heterocycles. The fourth-order valence-corrected chi connectivity index (χ4v) is 12.4. The van der Waals surface area contributed by atoms with Gasteiger partial charge in [-0.2, -0.15) is 0 Å². The number of nitrogens with zero attached hydrogens (tertiary/aromatic N) is 3. The zero-order chi connectivity index (χ0) is 30.5. The summed E-state index contributed by atoms with van der Waals surface area (Å²) in [6.07, 6.45) is -1.14. The van der Waals surface area contributed by atoms with E-state index in [4.69, 9.17) is 49.5 Å². The van der Waals surface area contributed by atoms with E-state index in [0.29, 0.717) is 42.8 Å². The Morgan fingerprint density at radius 1 is 0.619 bits per heavy atom. The van der Waals surface area contributed by atoms with Gasteiger partial charge in [-0.05, 0) is 0 Å². The maximum atomic E-state index is 6.70. The van der Waals surface area contributed by atoms with E-state index in [-0.39, 0.29) is 18.3 Å². The molecule has 1 atom stereocenters. The number of hydrogen-bond donors (Lipinski definition) is 3. The SMILES string of the molecule is CC(C)OP1(OC(C)C)(OC(C)C)N=PN(Oc2ccc(N)cc2)P(Oc2ccc(N)cc2)N1Oc1ccc(N)cc1. The summed E-state index contributed by atoms with van der Waals surface area (Å²) in [6, 6.07) is 20.9. The Labute approximate surface area is 250 Å². The van der Waals surface area contributed by atoms with Crippen LogP contribution in [0.15, 0.2) is 77.3 Å². The molecule has 1 aliphatic rings. The normalized spacial score (nSPS) is 19.8. The quantitative estimate of drug-likeness (QED) is 0.131. The molecule has 0 aromatic heterocycles. The summed E-state index contributed by atoms with van der Waals surface area (Å²) >= 11 is 0. The Morgan fingerprint density at radius 2 is 1.00 bits per heavy atom. The second kappa shape index (κ2) is 13.2. The third-order valence-electron chi connectivity index (χ3n) is 5.22. The second-order valence-corrected chi connectivity index (χ2v) is 16.1. The monoisotopic (exact) mass is 636 g/mol. The molecule has 15 heteroatoms. The summed E-state index contributed by atoms with van der Waals surface area (Å²) in [5.74, 6) is 1.44. The van der Waals surface area contributed by atoms with Crippen molar-refractivity contribution in [2.75, 3.05) is 17.2 Å². The average Bonchev–Trinajstić information content (AvgIpc) is 2.90. The zero-order valence-electron chi connectivity index (χ0n) is 24.5. The van der Waals surface area contributed by atoms with Gasteiger partial charge in [-0.1, -0.05) is 0 Å². The minimum absolute atomic E-state index is 0.301. The first-order valence-electron chi connectivity index (χ1n) is 13.4. The summed E-state index contributed by atoms with van der Waals surface area (Å²) in [6.45, 7) is 11.3. The number of nitrogens with two attached hydrogens (primary N) is 3. The molecule has 0 bridgehead atoms. The van der Waals surface area contributed by atoms with Gasteiger partial charge in [0.25, 0.3) is 0 Å². The summed E-state index contributed by atoms with van der Waals surface area (Å²) in [5, 5.41) is 0. The van der Waals surface area contributed by atoms with Crippen molar-refractivity contribution < 1.29 is 27.8 Å². The van der Waals surface area contributed by atoms with Gasteiger partial charge >= 0.3 is 250 Å². The van der Waals surface area contributed by atoms with Gasteiger partial charge < -0.3 is 0 Å². The van der Waals surface area contributed by atoms with E-state index < -0.39 is 16.0 Å². The van der Waals surface area contributed by atoms with E-state index in [2.05, 4.69) is 0 Å². The number of rotatable bonds is 12. The molecule has 6 N–H and O–H groups in total. The average molecular weight is 637 g/mol. The topological polar surface area (TPSA) is 152 Å². The third-order valence-corrected chi connectivity index (χ3v) is 13.1. The van der Waals surface area contributed by atoms with Gasteiger partial charge in [0.15, 0.2) is 0 Å². The summed E-state index contributed by atoms with van der Waals surface area (Å²) in [5.41, 5.74) is 19.6. The molecule has 3 aromatic rings. The van der Waals surface area contributed by atoms with Gasteiger partial charge in [0, 0.05) is 0 Å². The Bertz CT molecular complexity index is 1320. The van der Waals surface area contributed by atoms with Gasteiger partial charge in [0.2, 0.25) is 0 Å². The van der Waals surface area contributed by atoms with Crippen LogP contribution >= 0.6 is 24.6 Å². The molecule has 0 amide bonds. The van der Waals surface area contributed by atoms with E-state index in [0.717, 1.165) is 0 Å². The molecule has 228 valence electrons. The molecule has 1 unspecified atom stereocenters. The van der Waals surface area contributed by atoms with Gasteiger partial charge in [-0.15, -0.1) is 0 Å². The van der Waals surface area contributed by atoms with Crippen molar-refractivity contribution in [3.05, 3.63) is 72.8 Å². The molecule has 4 rings (SSSR count). The van der Waals surface area contributed by atoms with E-state index in [9.17, 15) is 0 Å². The molecule has 0 fully saturated rings. The molecule has 0 saturated carbocycles. The van der Waals surface area contributed by atoms with E-state index in [1.807, 2.05) is 41.5 Å².